The summed E-state index contributed by atoms with van der Waals surface area (Å²) in [6, 6.07) is 17.3. The first-order chi connectivity index (χ1) is 14.6. The quantitative estimate of drug-likeness (QED) is 0.612. The SMILES string of the molecule is C=CC(=O)N1CCC(Nc2ncnc(N)c2-c2ccc(Oc3ccccc3)cc2)C1. The van der Waals surface area contributed by atoms with Crippen LogP contribution in [0.2, 0.25) is 0 Å². The average Bonchev–Trinajstić information content (AvgIpc) is 3.23. The van der Waals surface area contributed by atoms with Crippen LogP contribution in [0.5, 0.6) is 11.5 Å². The largest absolute Gasteiger partial charge is 0.457 e. The van der Waals surface area contributed by atoms with E-state index in [1.54, 1.807) is 4.90 Å². The number of aromatic nitrogens is 2. The van der Waals surface area contributed by atoms with Crippen LogP contribution in [0.15, 0.2) is 73.6 Å². The van der Waals surface area contributed by atoms with Crippen molar-refractivity contribution in [2.75, 3.05) is 24.1 Å². The maximum absolute atomic E-state index is 11.8. The van der Waals surface area contributed by atoms with Gasteiger partial charge in [-0.25, -0.2) is 9.97 Å². The molecular formula is C23H23N5O2. The molecule has 1 fully saturated rings. The van der Waals surface area contributed by atoms with E-state index in [-0.39, 0.29) is 11.9 Å². The summed E-state index contributed by atoms with van der Waals surface area (Å²) < 4.78 is 5.86. The number of para-hydroxylation sites is 1. The number of carbonyl (C=O) groups is 1. The van der Waals surface area contributed by atoms with Crippen LogP contribution in [0.25, 0.3) is 11.1 Å². The second-order valence-corrected chi connectivity index (χ2v) is 7.04. The zero-order valence-corrected chi connectivity index (χ0v) is 16.5. The van der Waals surface area contributed by atoms with Crippen LogP contribution in [-0.4, -0.2) is 39.9 Å². The molecule has 7 heteroatoms. The van der Waals surface area contributed by atoms with E-state index in [1.165, 1.54) is 12.4 Å². The zero-order valence-electron chi connectivity index (χ0n) is 16.5. The number of rotatable bonds is 6. The van der Waals surface area contributed by atoms with E-state index >= 15 is 0 Å². The van der Waals surface area contributed by atoms with Gasteiger partial charge in [0, 0.05) is 19.1 Å². The first-order valence-corrected chi connectivity index (χ1v) is 9.75. The van der Waals surface area contributed by atoms with Gasteiger partial charge in [-0.15, -0.1) is 0 Å². The molecule has 1 amide bonds. The normalized spacial score (nSPS) is 15.6. The number of nitrogen functional groups attached to an aromatic ring is 1. The maximum atomic E-state index is 11.8. The minimum Gasteiger partial charge on any atom is -0.457 e. The lowest BCUT2D eigenvalue weighted by molar-refractivity contribution is -0.125. The Morgan fingerprint density at radius 1 is 1.13 bits per heavy atom. The second-order valence-electron chi connectivity index (χ2n) is 7.04. The standard InChI is InChI=1S/C23H23N5O2/c1-2-20(29)28-13-12-17(14-28)27-23-21(22(24)25-15-26-23)16-8-10-19(11-9-16)30-18-6-4-3-5-7-18/h2-11,15,17H,1,12-14H2,(H3,24,25,26,27). The zero-order chi connectivity index (χ0) is 20.9. The number of hydrogen-bond acceptors (Lipinski definition) is 6. The molecule has 0 radical (unpaired) electrons. The smallest absolute Gasteiger partial charge is 0.246 e. The molecule has 3 aromatic rings. The summed E-state index contributed by atoms with van der Waals surface area (Å²) in [6.45, 7) is 4.83. The highest BCUT2D eigenvalue weighted by atomic mass is 16.5. The van der Waals surface area contributed by atoms with Crippen molar-refractivity contribution < 1.29 is 9.53 Å². The van der Waals surface area contributed by atoms with Gasteiger partial charge < -0.3 is 20.7 Å². The van der Waals surface area contributed by atoms with Gasteiger partial charge in [0.15, 0.2) is 0 Å². The Hall–Kier alpha value is -3.87. The highest BCUT2D eigenvalue weighted by Gasteiger charge is 2.26. The van der Waals surface area contributed by atoms with E-state index in [0.29, 0.717) is 24.7 Å². The number of nitrogens with two attached hydrogens (primary N) is 1. The number of nitrogens with zero attached hydrogens (tertiary/aromatic N) is 3. The van der Waals surface area contributed by atoms with E-state index in [1.807, 2.05) is 54.6 Å². The van der Waals surface area contributed by atoms with Crippen molar-refractivity contribution in [2.24, 2.45) is 0 Å². The number of benzene rings is 2. The molecule has 30 heavy (non-hydrogen) atoms. The van der Waals surface area contributed by atoms with Crippen molar-refractivity contribution in [1.29, 1.82) is 0 Å². The van der Waals surface area contributed by atoms with E-state index in [4.69, 9.17) is 10.5 Å². The fraction of sp³-hybridized carbons (Fsp3) is 0.174. The molecule has 1 aliphatic rings. The Kier molecular flexibility index (Phi) is 5.61. The fourth-order valence-corrected chi connectivity index (χ4v) is 3.51. The van der Waals surface area contributed by atoms with Gasteiger partial charge in [0.1, 0.15) is 29.5 Å². The van der Waals surface area contributed by atoms with Crippen molar-refractivity contribution in [2.45, 2.75) is 12.5 Å². The monoisotopic (exact) mass is 401 g/mol. The van der Waals surface area contributed by atoms with Crippen LogP contribution >= 0.6 is 0 Å². The highest BCUT2D eigenvalue weighted by Crippen LogP contribution is 2.33. The first kappa shape index (κ1) is 19.4. The van der Waals surface area contributed by atoms with Crippen molar-refractivity contribution in [3.8, 4) is 22.6 Å². The Bertz CT molecular complexity index is 1040. The molecule has 1 atom stereocenters. The average molecular weight is 401 g/mol. The van der Waals surface area contributed by atoms with Gasteiger partial charge in [-0.1, -0.05) is 36.9 Å². The van der Waals surface area contributed by atoms with Crippen molar-refractivity contribution in [1.82, 2.24) is 14.9 Å². The number of likely N-dealkylation sites (tertiary alicyclic amines) is 1. The fourth-order valence-electron chi connectivity index (χ4n) is 3.51. The molecule has 0 spiro atoms. The number of carbonyl (C=O) groups excluding carboxylic acids is 1. The summed E-state index contributed by atoms with van der Waals surface area (Å²) in [4.78, 5) is 22.2. The lowest BCUT2D eigenvalue weighted by Crippen LogP contribution is -2.30. The number of amides is 1. The molecule has 7 nitrogen and oxygen atoms in total. The molecule has 4 rings (SSSR count). The Morgan fingerprint density at radius 2 is 1.87 bits per heavy atom. The lowest BCUT2D eigenvalue weighted by atomic mass is 10.1. The van der Waals surface area contributed by atoms with Gasteiger partial charge in [-0.05, 0) is 42.3 Å². The molecule has 2 aromatic carbocycles. The third-order valence-electron chi connectivity index (χ3n) is 5.01. The van der Waals surface area contributed by atoms with E-state index < -0.39 is 0 Å². The first-order valence-electron chi connectivity index (χ1n) is 9.75. The third-order valence-corrected chi connectivity index (χ3v) is 5.01. The minimum absolute atomic E-state index is 0.0595. The van der Waals surface area contributed by atoms with Gasteiger partial charge in [-0.2, -0.15) is 0 Å². The van der Waals surface area contributed by atoms with Gasteiger partial charge in [-0.3, -0.25) is 4.79 Å². The summed E-state index contributed by atoms with van der Waals surface area (Å²) in [5, 5.41) is 3.42. The number of ether oxygens (including phenoxy) is 1. The summed E-state index contributed by atoms with van der Waals surface area (Å²) >= 11 is 0. The Labute approximate surface area is 175 Å². The van der Waals surface area contributed by atoms with Crippen LogP contribution in [-0.2, 0) is 4.79 Å². The van der Waals surface area contributed by atoms with E-state index in [0.717, 1.165) is 29.0 Å². The second kappa shape index (κ2) is 8.65. The molecule has 3 N–H and O–H groups in total. The predicted molar refractivity (Wildman–Crippen MR) is 117 cm³/mol. The van der Waals surface area contributed by atoms with Gasteiger partial charge in [0.2, 0.25) is 5.91 Å². The summed E-state index contributed by atoms with van der Waals surface area (Å²) in [5.41, 5.74) is 7.80. The van der Waals surface area contributed by atoms with Gasteiger partial charge in [0.05, 0.1) is 5.56 Å². The molecule has 152 valence electrons. The summed E-state index contributed by atoms with van der Waals surface area (Å²) in [6.07, 6.45) is 3.61. The molecule has 2 heterocycles. The Morgan fingerprint density at radius 3 is 2.60 bits per heavy atom. The van der Waals surface area contributed by atoms with Crippen molar-refractivity contribution in [3.63, 3.8) is 0 Å². The van der Waals surface area contributed by atoms with E-state index in [9.17, 15) is 4.79 Å². The van der Waals surface area contributed by atoms with Gasteiger partial charge in [0.25, 0.3) is 0 Å². The van der Waals surface area contributed by atoms with Crippen LogP contribution in [0.1, 0.15) is 6.42 Å². The molecule has 0 saturated carbocycles. The molecule has 0 bridgehead atoms. The van der Waals surface area contributed by atoms with Crippen LogP contribution in [0, 0.1) is 0 Å². The summed E-state index contributed by atoms with van der Waals surface area (Å²) in [7, 11) is 0. The number of hydrogen-bond donors (Lipinski definition) is 2. The summed E-state index contributed by atoms with van der Waals surface area (Å²) in [5.74, 6) is 2.48. The van der Waals surface area contributed by atoms with Crippen LogP contribution in [0.4, 0.5) is 11.6 Å². The number of anilines is 2. The van der Waals surface area contributed by atoms with Crippen molar-refractivity contribution in [3.05, 3.63) is 73.6 Å². The topological polar surface area (TPSA) is 93.4 Å². The third kappa shape index (κ3) is 4.25. The predicted octanol–water partition coefficient (Wildman–Crippen LogP) is 3.72. The molecule has 0 aliphatic carbocycles. The van der Waals surface area contributed by atoms with E-state index in [2.05, 4.69) is 21.9 Å². The van der Waals surface area contributed by atoms with Crippen LogP contribution in [0.3, 0.4) is 0 Å². The van der Waals surface area contributed by atoms with Crippen LogP contribution < -0.4 is 15.8 Å². The van der Waals surface area contributed by atoms with Crippen molar-refractivity contribution >= 4 is 17.5 Å². The lowest BCUT2D eigenvalue weighted by Gasteiger charge is -2.18. The highest BCUT2D eigenvalue weighted by molar-refractivity contribution is 5.87. The Balaban J connectivity index is 1.53. The molecule has 1 aromatic heterocycles. The molecule has 1 unspecified atom stereocenters. The molecule has 1 aliphatic heterocycles. The molecule has 1 saturated heterocycles. The van der Waals surface area contributed by atoms with Gasteiger partial charge >= 0.3 is 0 Å². The minimum atomic E-state index is -0.0595. The molecular weight excluding hydrogens is 378 g/mol. The number of nitrogens with one attached hydrogen (secondary N) is 1. The maximum Gasteiger partial charge on any atom is 0.246 e.